The lowest BCUT2D eigenvalue weighted by Gasteiger charge is -2.38. The second-order valence-electron chi connectivity index (χ2n) is 7.21. The fraction of sp³-hybridized carbons (Fsp3) is 0.632. The number of hydrogen-bond acceptors (Lipinski definition) is 5. The van der Waals surface area contributed by atoms with Crippen LogP contribution >= 0.6 is 0 Å². The van der Waals surface area contributed by atoms with Gasteiger partial charge in [0.2, 0.25) is 0 Å². The number of nitrogens with zero attached hydrogens (tertiary/aromatic N) is 3. The van der Waals surface area contributed by atoms with Crippen LogP contribution in [0.2, 0.25) is 0 Å². The lowest BCUT2D eigenvalue weighted by Crippen LogP contribution is -2.54. The molecule has 1 saturated heterocycles. The Labute approximate surface area is 155 Å². The molecule has 7 heteroatoms. The third-order valence-electron chi connectivity index (χ3n) is 4.89. The van der Waals surface area contributed by atoms with E-state index in [1.165, 1.54) is 7.11 Å². The molecule has 7 nitrogen and oxygen atoms in total. The zero-order valence-electron chi connectivity index (χ0n) is 16.1. The van der Waals surface area contributed by atoms with Crippen molar-refractivity contribution in [1.29, 1.82) is 0 Å². The number of amides is 2. The van der Waals surface area contributed by atoms with Crippen molar-refractivity contribution in [2.45, 2.75) is 45.3 Å². The Kier molecular flexibility index (Phi) is 7.38. The molecule has 26 heavy (non-hydrogen) atoms. The van der Waals surface area contributed by atoms with Crippen molar-refractivity contribution in [2.24, 2.45) is 5.92 Å². The quantitative estimate of drug-likeness (QED) is 0.782. The van der Waals surface area contributed by atoms with Gasteiger partial charge in [0, 0.05) is 25.0 Å². The third-order valence-corrected chi connectivity index (χ3v) is 4.89. The topological polar surface area (TPSA) is 74.8 Å². The number of likely N-dealkylation sites (tertiary alicyclic amines) is 1. The van der Waals surface area contributed by atoms with Gasteiger partial charge in [-0.2, -0.15) is 0 Å². The first-order valence-electron chi connectivity index (χ1n) is 9.14. The summed E-state index contributed by atoms with van der Waals surface area (Å²) in [6, 6.07) is 3.09. The molecule has 1 aromatic heterocycles. The largest absolute Gasteiger partial charge is 0.467 e. The van der Waals surface area contributed by atoms with Gasteiger partial charge in [0.05, 0.1) is 7.11 Å². The predicted octanol–water partition coefficient (Wildman–Crippen LogP) is 1.88. The molecule has 2 amide bonds. The Morgan fingerprint density at radius 3 is 2.46 bits per heavy atom. The van der Waals surface area contributed by atoms with Crippen molar-refractivity contribution in [1.82, 2.24) is 20.1 Å². The molecule has 0 bridgehead atoms. The van der Waals surface area contributed by atoms with Gasteiger partial charge in [-0.1, -0.05) is 13.8 Å². The fourth-order valence-corrected chi connectivity index (χ4v) is 3.20. The number of urea groups is 1. The average molecular weight is 362 g/mol. The highest BCUT2D eigenvalue weighted by Gasteiger charge is 2.31. The molecule has 1 fully saturated rings. The van der Waals surface area contributed by atoms with E-state index in [4.69, 9.17) is 4.74 Å². The van der Waals surface area contributed by atoms with Crippen molar-refractivity contribution in [2.75, 3.05) is 27.2 Å². The van der Waals surface area contributed by atoms with Crippen LogP contribution in [0.3, 0.4) is 0 Å². The number of nitrogens with one attached hydrogen (secondary N) is 1. The lowest BCUT2D eigenvalue weighted by atomic mass is 10.0. The number of methoxy groups -OCH3 is 1. The summed E-state index contributed by atoms with van der Waals surface area (Å²) in [4.78, 5) is 33.2. The molecular weight excluding hydrogens is 332 g/mol. The number of esters is 1. The monoisotopic (exact) mass is 362 g/mol. The van der Waals surface area contributed by atoms with Gasteiger partial charge in [0.15, 0.2) is 0 Å². The van der Waals surface area contributed by atoms with Crippen LogP contribution < -0.4 is 5.32 Å². The normalized spacial score (nSPS) is 17.0. The van der Waals surface area contributed by atoms with E-state index in [-0.39, 0.29) is 18.0 Å². The number of piperidine rings is 1. The van der Waals surface area contributed by atoms with Gasteiger partial charge in [-0.15, -0.1) is 0 Å². The summed E-state index contributed by atoms with van der Waals surface area (Å²) in [6.45, 7) is 6.19. The number of aromatic nitrogens is 1. The Bertz CT molecular complexity index is 586. The Balaban J connectivity index is 2.15. The molecule has 1 aliphatic rings. The maximum absolute atomic E-state index is 13.0. The van der Waals surface area contributed by atoms with Gasteiger partial charge in [-0.25, -0.2) is 9.59 Å². The SMILES string of the molecule is COC(=O)C(NC(=O)N(Cc1ccncc1)C1CCN(C)CC1)C(C)C. The summed E-state index contributed by atoms with van der Waals surface area (Å²) < 4.78 is 4.85. The highest BCUT2D eigenvalue weighted by molar-refractivity contribution is 5.84. The minimum Gasteiger partial charge on any atom is -0.467 e. The van der Waals surface area contributed by atoms with E-state index in [0.717, 1.165) is 31.5 Å². The van der Waals surface area contributed by atoms with Crippen LogP contribution in [-0.2, 0) is 16.1 Å². The van der Waals surface area contributed by atoms with E-state index < -0.39 is 12.0 Å². The molecule has 1 unspecified atom stereocenters. The van der Waals surface area contributed by atoms with Crippen molar-refractivity contribution in [3.63, 3.8) is 0 Å². The van der Waals surface area contributed by atoms with Gasteiger partial charge >= 0.3 is 12.0 Å². The molecule has 0 aromatic carbocycles. The molecule has 1 aliphatic heterocycles. The van der Waals surface area contributed by atoms with Crippen LogP contribution in [-0.4, -0.2) is 66.1 Å². The van der Waals surface area contributed by atoms with Crippen molar-refractivity contribution < 1.29 is 14.3 Å². The Morgan fingerprint density at radius 1 is 1.31 bits per heavy atom. The van der Waals surface area contributed by atoms with E-state index in [1.807, 2.05) is 30.9 Å². The number of hydrogen-bond donors (Lipinski definition) is 1. The lowest BCUT2D eigenvalue weighted by molar-refractivity contribution is -0.144. The summed E-state index contributed by atoms with van der Waals surface area (Å²) in [5.41, 5.74) is 1.02. The second-order valence-corrected chi connectivity index (χ2v) is 7.21. The molecule has 0 spiro atoms. The maximum atomic E-state index is 13.0. The highest BCUT2D eigenvalue weighted by Crippen LogP contribution is 2.19. The number of ether oxygens (including phenoxy) is 1. The minimum atomic E-state index is -0.654. The molecular formula is C19H30N4O3. The fourth-order valence-electron chi connectivity index (χ4n) is 3.20. The summed E-state index contributed by atoms with van der Waals surface area (Å²) in [5.74, 6) is -0.466. The van der Waals surface area contributed by atoms with E-state index in [2.05, 4.69) is 22.2 Å². The predicted molar refractivity (Wildman–Crippen MR) is 99.5 cm³/mol. The summed E-state index contributed by atoms with van der Waals surface area (Å²) in [6.07, 6.45) is 5.29. The van der Waals surface area contributed by atoms with Gasteiger partial charge in [-0.05, 0) is 56.6 Å². The Morgan fingerprint density at radius 2 is 1.92 bits per heavy atom. The van der Waals surface area contributed by atoms with E-state index >= 15 is 0 Å². The number of pyridine rings is 1. The van der Waals surface area contributed by atoms with Crippen molar-refractivity contribution in [3.05, 3.63) is 30.1 Å². The van der Waals surface area contributed by atoms with Crippen LogP contribution in [0.25, 0.3) is 0 Å². The van der Waals surface area contributed by atoms with Crippen LogP contribution in [0.1, 0.15) is 32.3 Å². The van der Waals surface area contributed by atoms with Crippen LogP contribution in [0, 0.1) is 5.92 Å². The van der Waals surface area contributed by atoms with E-state index in [9.17, 15) is 9.59 Å². The zero-order chi connectivity index (χ0) is 19.1. The number of rotatable bonds is 6. The standard InChI is InChI=1S/C19H30N4O3/c1-14(2)17(18(24)26-4)21-19(25)23(13-15-5-9-20-10-6-15)16-7-11-22(3)12-8-16/h5-6,9-10,14,16-17H,7-8,11-13H2,1-4H3,(H,21,25). The number of carbonyl (C=O) groups is 2. The van der Waals surface area contributed by atoms with Crippen LogP contribution in [0.4, 0.5) is 4.79 Å². The third kappa shape index (κ3) is 5.42. The summed E-state index contributed by atoms with van der Waals surface area (Å²) in [5, 5.41) is 2.88. The molecule has 0 radical (unpaired) electrons. The van der Waals surface area contributed by atoms with E-state index in [0.29, 0.717) is 6.54 Å². The van der Waals surface area contributed by atoms with Crippen molar-refractivity contribution in [3.8, 4) is 0 Å². The first-order chi connectivity index (χ1) is 12.4. The molecule has 1 aromatic rings. The summed E-state index contributed by atoms with van der Waals surface area (Å²) in [7, 11) is 3.44. The van der Waals surface area contributed by atoms with Gasteiger partial charge in [-0.3, -0.25) is 4.98 Å². The molecule has 0 aliphatic carbocycles. The first kappa shape index (κ1) is 20.2. The summed E-state index contributed by atoms with van der Waals surface area (Å²) >= 11 is 0. The highest BCUT2D eigenvalue weighted by atomic mass is 16.5. The smallest absolute Gasteiger partial charge is 0.328 e. The molecule has 1 N–H and O–H groups in total. The Hall–Kier alpha value is -2.15. The van der Waals surface area contributed by atoms with Gasteiger partial charge < -0.3 is 19.9 Å². The first-order valence-corrected chi connectivity index (χ1v) is 9.14. The number of carbonyl (C=O) groups excluding carboxylic acids is 2. The molecule has 2 rings (SSSR count). The van der Waals surface area contributed by atoms with Gasteiger partial charge in [0.1, 0.15) is 6.04 Å². The van der Waals surface area contributed by atoms with Crippen molar-refractivity contribution >= 4 is 12.0 Å². The average Bonchev–Trinajstić information content (AvgIpc) is 2.65. The van der Waals surface area contributed by atoms with Crippen LogP contribution in [0.5, 0.6) is 0 Å². The van der Waals surface area contributed by atoms with Crippen LogP contribution in [0.15, 0.2) is 24.5 Å². The molecule has 0 saturated carbocycles. The zero-order valence-corrected chi connectivity index (χ0v) is 16.1. The molecule has 2 heterocycles. The van der Waals surface area contributed by atoms with Gasteiger partial charge in [0.25, 0.3) is 0 Å². The minimum absolute atomic E-state index is 0.0494. The molecule has 1 atom stereocenters. The maximum Gasteiger partial charge on any atom is 0.328 e. The molecule has 144 valence electrons. The second kappa shape index (κ2) is 9.52. The van der Waals surface area contributed by atoms with E-state index in [1.54, 1.807) is 12.4 Å².